The number of benzene rings is 2. The van der Waals surface area contributed by atoms with E-state index in [1.54, 1.807) is 6.07 Å². The third-order valence-corrected chi connectivity index (χ3v) is 4.39. The third-order valence-electron chi connectivity index (χ3n) is 4.39. The quantitative estimate of drug-likeness (QED) is 0.665. The number of methoxy groups -OCH3 is 1. The van der Waals surface area contributed by atoms with Crippen molar-refractivity contribution in [3.8, 4) is 0 Å². The predicted molar refractivity (Wildman–Crippen MR) is 107 cm³/mol. The maximum Gasteiger partial charge on any atom is 0.328 e. The molecule has 6 nitrogen and oxygen atoms in total. The number of rotatable bonds is 8. The first-order valence-electron chi connectivity index (χ1n) is 9.23. The Labute approximate surface area is 169 Å². The molecule has 2 rings (SSSR count). The molecule has 0 unspecified atom stereocenters. The summed E-state index contributed by atoms with van der Waals surface area (Å²) < 4.78 is 18.3. The largest absolute Gasteiger partial charge is 0.467 e. The highest BCUT2D eigenvalue weighted by atomic mass is 19.1. The van der Waals surface area contributed by atoms with Gasteiger partial charge in [0, 0.05) is 19.8 Å². The maximum absolute atomic E-state index is 13.5. The van der Waals surface area contributed by atoms with E-state index in [-0.39, 0.29) is 12.8 Å². The number of hydrogen-bond donors (Lipinski definition) is 2. The van der Waals surface area contributed by atoms with Crippen LogP contribution in [0.2, 0.25) is 0 Å². The van der Waals surface area contributed by atoms with E-state index in [2.05, 4.69) is 10.6 Å². The molecule has 2 aromatic carbocycles. The molecule has 154 valence electrons. The number of amides is 2. The number of carbonyl (C=O) groups excluding carboxylic acids is 3. The lowest BCUT2D eigenvalue weighted by Crippen LogP contribution is -2.53. The molecule has 0 heterocycles. The second-order valence-electron chi connectivity index (χ2n) is 6.86. The molecule has 0 saturated heterocycles. The Balaban J connectivity index is 2.16. The number of nitrogens with one attached hydrogen (secondary N) is 2. The van der Waals surface area contributed by atoms with Crippen molar-refractivity contribution >= 4 is 17.8 Å². The van der Waals surface area contributed by atoms with Crippen LogP contribution in [0.25, 0.3) is 0 Å². The summed E-state index contributed by atoms with van der Waals surface area (Å²) >= 11 is 0. The summed E-state index contributed by atoms with van der Waals surface area (Å²) in [5.74, 6) is -1.98. The van der Waals surface area contributed by atoms with E-state index >= 15 is 0 Å². The van der Waals surface area contributed by atoms with Crippen LogP contribution in [0.1, 0.15) is 23.6 Å². The Morgan fingerprint density at radius 3 is 2.21 bits per heavy atom. The molecule has 2 aromatic rings. The van der Waals surface area contributed by atoms with Crippen molar-refractivity contribution in [2.24, 2.45) is 0 Å². The van der Waals surface area contributed by atoms with Gasteiger partial charge in [0.15, 0.2) is 0 Å². The maximum atomic E-state index is 13.5. The van der Waals surface area contributed by atoms with Crippen LogP contribution < -0.4 is 10.6 Å². The second kappa shape index (κ2) is 10.4. The van der Waals surface area contributed by atoms with Gasteiger partial charge in [-0.3, -0.25) is 9.59 Å². The van der Waals surface area contributed by atoms with E-state index in [0.717, 1.165) is 11.1 Å². The zero-order valence-corrected chi connectivity index (χ0v) is 16.7. The van der Waals surface area contributed by atoms with Gasteiger partial charge in [0.05, 0.1) is 7.11 Å². The number of ether oxygens (including phenoxy) is 1. The second-order valence-corrected chi connectivity index (χ2v) is 6.86. The van der Waals surface area contributed by atoms with Crippen LogP contribution in [-0.4, -0.2) is 37.0 Å². The summed E-state index contributed by atoms with van der Waals surface area (Å²) in [5.41, 5.74) is 2.48. The Morgan fingerprint density at radius 2 is 1.62 bits per heavy atom. The Morgan fingerprint density at radius 1 is 0.966 bits per heavy atom. The third kappa shape index (κ3) is 7.03. The van der Waals surface area contributed by atoms with Gasteiger partial charge < -0.3 is 15.4 Å². The van der Waals surface area contributed by atoms with E-state index in [4.69, 9.17) is 4.74 Å². The first-order chi connectivity index (χ1) is 13.8. The molecule has 0 spiro atoms. The molecule has 2 atom stereocenters. The van der Waals surface area contributed by atoms with Crippen molar-refractivity contribution in [3.05, 3.63) is 71.0 Å². The molecule has 0 radical (unpaired) electrons. The van der Waals surface area contributed by atoms with Crippen LogP contribution in [0.5, 0.6) is 0 Å². The Kier molecular flexibility index (Phi) is 7.88. The fourth-order valence-electron chi connectivity index (χ4n) is 2.92. The van der Waals surface area contributed by atoms with Crippen molar-refractivity contribution in [2.45, 2.75) is 38.8 Å². The summed E-state index contributed by atoms with van der Waals surface area (Å²) in [5, 5.41) is 5.20. The molecule has 0 bridgehead atoms. The highest BCUT2D eigenvalue weighted by Crippen LogP contribution is 2.10. The molecular formula is C22H25FN2O4. The number of hydrogen-bond acceptors (Lipinski definition) is 4. The fraction of sp³-hybridized carbons (Fsp3) is 0.318. The molecule has 0 aliphatic rings. The van der Waals surface area contributed by atoms with Gasteiger partial charge in [0.2, 0.25) is 11.8 Å². The molecule has 0 aromatic heterocycles. The first-order valence-corrected chi connectivity index (χ1v) is 9.23. The van der Waals surface area contributed by atoms with Gasteiger partial charge in [0.1, 0.15) is 17.9 Å². The van der Waals surface area contributed by atoms with Gasteiger partial charge >= 0.3 is 5.97 Å². The molecule has 7 heteroatoms. The highest BCUT2D eigenvalue weighted by Gasteiger charge is 2.27. The van der Waals surface area contributed by atoms with Gasteiger partial charge in [-0.15, -0.1) is 0 Å². The minimum atomic E-state index is -0.959. The van der Waals surface area contributed by atoms with Crippen LogP contribution in [0, 0.1) is 12.7 Å². The minimum absolute atomic E-state index is 0.0849. The van der Waals surface area contributed by atoms with E-state index < -0.39 is 35.7 Å². The van der Waals surface area contributed by atoms with Gasteiger partial charge in [0.25, 0.3) is 0 Å². The minimum Gasteiger partial charge on any atom is -0.467 e. The van der Waals surface area contributed by atoms with Crippen molar-refractivity contribution < 1.29 is 23.5 Å². The standard InChI is InChI=1S/C22H25FN2O4/c1-14-7-9-16(10-8-14)12-20(22(28)29-3)25-21(27)19(24-15(2)26)13-17-5-4-6-18(23)11-17/h4-11,19-20H,12-13H2,1-3H3,(H,24,26)(H,25,27)/t19-,20-/m1/s1. The monoisotopic (exact) mass is 400 g/mol. The van der Waals surface area contributed by atoms with Gasteiger partial charge in [-0.25, -0.2) is 9.18 Å². The normalized spacial score (nSPS) is 12.6. The molecular weight excluding hydrogens is 375 g/mol. The van der Waals surface area contributed by atoms with Crippen LogP contribution in [0.4, 0.5) is 4.39 Å². The lowest BCUT2D eigenvalue weighted by molar-refractivity contribution is -0.145. The predicted octanol–water partition coefficient (Wildman–Crippen LogP) is 2.08. The Bertz CT molecular complexity index is 867. The van der Waals surface area contributed by atoms with Crippen molar-refractivity contribution in [3.63, 3.8) is 0 Å². The number of carbonyl (C=O) groups is 3. The summed E-state index contributed by atoms with van der Waals surface area (Å²) in [7, 11) is 1.24. The molecule has 29 heavy (non-hydrogen) atoms. The molecule has 0 saturated carbocycles. The SMILES string of the molecule is COC(=O)[C@@H](Cc1ccc(C)cc1)NC(=O)[C@@H](Cc1cccc(F)c1)NC(C)=O. The van der Waals surface area contributed by atoms with Crippen molar-refractivity contribution in [1.29, 1.82) is 0 Å². The van der Waals surface area contributed by atoms with Crippen LogP contribution in [-0.2, 0) is 32.0 Å². The number of halogens is 1. The highest BCUT2D eigenvalue weighted by molar-refractivity contribution is 5.90. The molecule has 0 aliphatic carbocycles. The van der Waals surface area contributed by atoms with Crippen LogP contribution in [0.3, 0.4) is 0 Å². The summed E-state index contributed by atoms with van der Waals surface area (Å²) in [6.45, 7) is 3.24. The fourth-order valence-corrected chi connectivity index (χ4v) is 2.92. The lowest BCUT2D eigenvalue weighted by Gasteiger charge is -2.22. The molecule has 2 amide bonds. The average Bonchev–Trinajstić information content (AvgIpc) is 2.67. The first kappa shape index (κ1) is 22.1. The van der Waals surface area contributed by atoms with Crippen molar-refractivity contribution in [1.82, 2.24) is 10.6 Å². The summed E-state index contributed by atoms with van der Waals surface area (Å²) in [4.78, 5) is 36.6. The zero-order chi connectivity index (χ0) is 21.4. The number of esters is 1. The lowest BCUT2D eigenvalue weighted by atomic mass is 10.0. The Hall–Kier alpha value is -3.22. The number of aryl methyl sites for hydroxylation is 1. The molecule has 2 N–H and O–H groups in total. The molecule has 0 aliphatic heterocycles. The van der Waals surface area contributed by atoms with Gasteiger partial charge in [-0.2, -0.15) is 0 Å². The average molecular weight is 400 g/mol. The van der Waals surface area contributed by atoms with E-state index in [1.807, 2.05) is 31.2 Å². The van der Waals surface area contributed by atoms with Gasteiger partial charge in [-0.05, 0) is 30.2 Å². The van der Waals surface area contributed by atoms with E-state index in [9.17, 15) is 18.8 Å². The van der Waals surface area contributed by atoms with Crippen LogP contribution in [0.15, 0.2) is 48.5 Å². The van der Waals surface area contributed by atoms with E-state index in [1.165, 1.54) is 32.2 Å². The van der Waals surface area contributed by atoms with Crippen molar-refractivity contribution in [2.75, 3.05) is 7.11 Å². The smallest absolute Gasteiger partial charge is 0.328 e. The molecule has 0 fully saturated rings. The topological polar surface area (TPSA) is 84.5 Å². The summed E-state index contributed by atoms with van der Waals surface area (Å²) in [6.07, 6.45) is 0.326. The van der Waals surface area contributed by atoms with E-state index in [0.29, 0.717) is 5.56 Å². The summed E-state index contributed by atoms with van der Waals surface area (Å²) in [6, 6.07) is 11.5. The van der Waals surface area contributed by atoms with Gasteiger partial charge in [-0.1, -0.05) is 42.0 Å². The zero-order valence-electron chi connectivity index (χ0n) is 16.7. The van der Waals surface area contributed by atoms with Crippen LogP contribution >= 0.6 is 0 Å².